The SMILES string of the molecule is C.Nc1ccc(-c2ccc(N)cc2)cc1.[Cu]. The van der Waals surface area contributed by atoms with Gasteiger partial charge in [-0.05, 0) is 35.4 Å². The van der Waals surface area contributed by atoms with Crippen molar-refractivity contribution >= 4 is 11.4 Å². The Labute approximate surface area is 107 Å². The predicted molar refractivity (Wildman–Crippen MR) is 67.4 cm³/mol. The van der Waals surface area contributed by atoms with Gasteiger partial charge in [0.1, 0.15) is 0 Å². The van der Waals surface area contributed by atoms with Gasteiger partial charge in [-0.2, -0.15) is 0 Å². The molecule has 2 aromatic carbocycles. The van der Waals surface area contributed by atoms with Crippen molar-refractivity contribution in [2.45, 2.75) is 7.43 Å². The zero-order valence-electron chi connectivity index (χ0n) is 8.08. The third kappa shape index (κ3) is 3.30. The molecule has 1 radical (unpaired) electrons. The molecule has 0 amide bonds. The summed E-state index contributed by atoms with van der Waals surface area (Å²) in [6.07, 6.45) is 0. The van der Waals surface area contributed by atoms with Gasteiger partial charge in [0.2, 0.25) is 0 Å². The molecule has 0 fully saturated rings. The van der Waals surface area contributed by atoms with Crippen LogP contribution in [0.25, 0.3) is 11.1 Å². The maximum absolute atomic E-state index is 5.61. The number of nitrogens with two attached hydrogens (primary N) is 2. The van der Waals surface area contributed by atoms with Crippen LogP contribution in [0.3, 0.4) is 0 Å². The Morgan fingerprint density at radius 2 is 0.812 bits per heavy atom. The smallest absolute Gasteiger partial charge is 0.0314 e. The summed E-state index contributed by atoms with van der Waals surface area (Å²) < 4.78 is 0. The molecule has 0 aliphatic carbocycles. The third-order valence-electron chi connectivity index (χ3n) is 2.15. The summed E-state index contributed by atoms with van der Waals surface area (Å²) in [6.45, 7) is 0. The van der Waals surface area contributed by atoms with Crippen LogP contribution in [0.4, 0.5) is 11.4 Å². The molecule has 3 heteroatoms. The Morgan fingerprint density at radius 3 is 1.06 bits per heavy atom. The van der Waals surface area contributed by atoms with E-state index in [1.165, 1.54) is 0 Å². The summed E-state index contributed by atoms with van der Waals surface area (Å²) in [5.74, 6) is 0. The molecule has 16 heavy (non-hydrogen) atoms. The average Bonchev–Trinajstić information content (AvgIpc) is 2.21. The maximum atomic E-state index is 5.61. The van der Waals surface area contributed by atoms with E-state index in [1.54, 1.807) is 0 Å². The Balaban J connectivity index is 0.00000112. The Bertz CT molecular complexity index is 377. The van der Waals surface area contributed by atoms with Crippen molar-refractivity contribution in [3.63, 3.8) is 0 Å². The molecule has 89 valence electrons. The molecule has 2 rings (SSSR count). The summed E-state index contributed by atoms with van der Waals surface area (Å²) >= 11 is 0. The number of benzene rings is 2. The van der Waals surface area contributed by atoms with E-state index in [-0.39, 0.29) is 24.5 Å². The summed E-state index contributed by atoms with van der Waals surface area (Å²) in [7, 11) is 0. The molecular weight excluding hydrogens is 248 g/mol. The van der Waals surface area contributed by atoms with Crippen molar-refractivity contribution in [2.75, 3.05) is 11.5 Å². The van der Waals surface area contributed by atoms with Gasteiger partial charge in [0.05, 0.1) is 0 Å². The molecule has 0 bridgehead atoms. The van der Waals surface area contributed by atoms with Crippen LogP contribution in [0.1, 0.15) is 7.43 Å². The van der Waals surface area contributed by atoms with Gasteiger partial charge in [0.15, 0.2) is 0 Å². The second kappa shape index (κ2) is 6.21. The summed E-state index contributed by atoms with van der Waals surface area (Å²) in [4.78, 5) is 0. The molecule has 2 nitrogen and oxygen atoms in total. The zero-order chi connectivity index (χ0) is 9.97. The van der Waals surface area contributed by atoms with E-state index < -0.39 is 0 Å². The van der Waals surface area contributed by atoms with E-state index in [0.717, 1.165) is 22.5 Å². The van der Waals surface area contributed by atoms with E-state index in [2.05, 4.69) is 0 Å². The molecule has 0 saturated carbocycles. The average molecular weight is 264 g/mol. The molecule has 0 atom stereocenters. The fourth-order valence-corrected chi connectivity index (χ4v) is 1.35. The molecule has 0 heterocycles. The van der Waals surface area contributed by atoms with Crippen LogP contribution in [-0.2, 0) is 17.1 Å². The van der Waals surface area contributed by atoms with Crippen LogP contribution in [0.15, 0.2) is 48.5 Å². The van der Waals surface area contributed by atoms with Gasteiger partial charge in [-0.3, -0.25) is 0 Å². The molecule has 0 aliphatic rings. The van der Waals surface area contributed by atoms with E-state index >= 15 is 0 Å². The van der Waals surface area contributed by atoms with Crippen molar-refractivity contribution in [1.82, 2.24) is 0 Å². The maximum Gasteiger partial charge on any atom is 0.0314 e. The first-order valence-corrected chi connectivity index (χ1v) is 4.47. The van der Waals surface area contributed by atoms with Crippen molar-refractivity contribution in [3.05, 3.63) is 48.5 Å². The van der Waals surface area contributed by atoms with Crippen LogP contribution >= 0.6 is 0 Å². The number of hydrogen-bond acceptors (Lipinski definition) is 2. The van der Waals surface area contributed by atoms with Crippen LogP contribution in [0.5, 0.6) is 0 Å². The second-order valence-electron chi connectivity index (χ2n) is 3.24. The first-order valence-electron chi connectivity index (χ1n) is 4.47. The van der Waals surface area contributed by atoms with Gasteiger partial charge in [-0.15, -0.1) is 0 Å². The van der Waals surface area contributed by atoms with E-state index in [0.29, 0.717) is 0 Å². The number of rotatable bonds is 1. The van der Waals surface area contributed by atoms with Crippen LogP contribution in [0.2, 0.25) is 0 Å². The van der Waals surface area contributed by atoms with Gasteiger partial charge < -0.3 is 11.5 Å². The molecular formula is C13H16CuN2. The van der Waals surface area contributed by atoms with E-state index in [1.807, 2.05) is 48.5 Å². The van der Waals surface area contributed by atoms with Gasteiger partial charge in [0.25, 0.3) is 0 Å². The minimum absolute atomic E-state index is 0. The van der Waals surface area contributed by atoms with Crippen molar-refractivity contribution < 1.29 is 17.1 Å². The summed E-state index contributed by atoms with van der Waals surface area (Å²) in [5.41, 5.74) is 15.1. The van der Waals surface area contributed by atoms with Gasteiger partial charge in [-0.25, -0.2) is 0 Å². The third-order valence-corrected chi connectivity index (χ3v) is 2.15. The van der Waals surface area contributed by atoms with E-state index in [9.17, 15) is 0 Å². The monoisotopic (exact) mass is 263 g/mol. The molecule has 2 aromatic rings. The number of anilines is 2. The van der Waals surface area contributed by atoms with Crippen molar-refractivity contribution in [1.29, 1.82) is 0 Å². The van der Waals surface area contributed by atoms with Crippen LogP contribution in [0, 0.1) is 0 Å². The second-order valence-corrected chi connectivity index (χ2v) is 3.24. The Morgan fingerprint density at radius 1 is 0.562 bits per heavy atom. The molecule has 0 saturated heterocycles. The zero-order valence-corrected chi connectivity index (χ0v) is 9.02. The van der Waals surface area contributed by atoms with Gasteiger partial charge in [0, 0.05) is 28.4 Å². The van der Waals surface area contributed by atoms with Crippen LogP contribution in [-0.4, -0.2) is 0 Å². The normalized spacial score (nSPS) is 8.75. The van der Waals surface area contributed by atoms with Crippen LogP contribution < -0.4 is 11.5 Å². The Kier molecular flexibility index (Phi) is 5.65. The summed E-state index contributed by atoms with van der Waals surface area (Å²) in [6, 6.07) is 15.6. The quantitative estimate of drug-likeness (QED) is 0.613. The predicted octanol–water partition coefficient (Wildman–Crippen LogP) is 3.15. The topological polar surface area (TPSA) is 52.0 Å². The fraction of sp³-hybridized carbons (Fsp3) is 0.0769. The number of nitrogen functional groups attached to an aromatic ring is 2. The molecule has 0 spiro atoms. The molecule has 0 unspecified atom stereocenters. The molecule has 4 N–H and O–H groups in total. The van der Waals surface area contributed by atoms with Crippen molar-refractivity contribution in [3.8, 4) is 11.1 Å². The van der Waals surface area contributed by atoms with Gasteiger partial charge >= 0.3 is 0 Å². The van der Waals surface area contributed by atoms with Gasteiger partial charge in [-0.1, -0.05) is 31.7 Å². The van der Waals surface area contributed by atoms with E-state index in [4.69, 9.17) is 11.5 Å². The standard InChI is InChI=1S/C12H12N2.CH4.Cu/c13-11-5-1-9(2-6-11)10-3-7-12(14)8-4-10;;/h1-8H,13-14H2;1H4;. The first kappa shape index (κ1) is 14.6. The number of hydrogen-bond donors (Lipinski definition) is 2. The van der Waals surface area contributed by atoms with Crippen molar-refractivity contribution in [2.24, 2.45) is 0 Å². The minimum atomic E-state index is 0. The molecule has 0 aromatic heterocycles. The minimum Gasteiger partial charge on any atom is -0.399 e. The first-order chi connectivity index (χ1) is 6.75. The molecule has 0 aliphatic heterocycles. The fourth-order valence-electron chi connectivity index (χ4n) is 1.35. The Hall–Kier alpha value is -1.44. The summed E-state index contributed by atoms with van der Waals surface area (Å²) in [5, 5.41) is 0. The largest absolute Gasteiger partial charge is 0.399 e.